The number of hydrogen-bond donors (Lipinski definition) is 1. The summed E-state index contributed by atoms with van der Waals surface area (Å²) in [5.41, 5.74) is 2.60. The van der Waals surface area contributed by atoms with E-state index in [1.807, 2.05) is 12.1 Å². The summed E-state index contributed by atoms with van der Waals surface area (Å²) in [5.74, 6) is -0.514. The van der Waals surface area contributed by atoms with Crippen LogP contribution >= 0.6 is 11.7 Å². The molecule has 0 aliphatic rings. The lowest BCUT2D eigenvalue weighted by molar-refractivity contribution is 0.0726. The summed E-state index contributed by atoms with van der Waals surface area (Å²) in [6, 6.07) is 20.7. The number of aromatic nitrogens is 5. The molecule has 6 rings (SSSR count). The number of aromatic amines is 1. The van der Waals surface area contributed by atoms with Crippen LogP contribution in [0.25, 0.3) is 33.5 Å². The molecule has 0 fully saturated rings. The summed E-state index contributed by atoms with van der Waals surface area (Å²) in [4.78, 5) is 39.2. The van der Waals surface area contributed by atoms with Crippen LogP contribution in [0.2, 0.25) is 0 Å². The highest BCUT2D eigenvalue weighted by molar-refractivity contribution is 7.00. The van der Waals surface area contributed by atoms with Gasteiger partial charge in [-0.1, -0.05) is 36.4 Å². The number of nitrogens with zero attached hydrogens (tertiary/aromatic N) is 4. The quantitative estimate of drug-likeness (QED) is 0.261. The summed E-state index contributed by atoms with van der Waals surface area (Å²) in [5, 5.41) is 0. The molecule has 0 radical (unpaired) electrons. The van der Waals surface area contributed by atoms with Gasteiger partial charge in [0.25, 0.3) is 0 Å². The molecule has 0 aliphatic heterocycles. The lowest BCUT2D eigenvalue weighted by atomic mass is 10.2. The van der Waals surface area contributed by atoms with Crippen molar-refractivity contribution in [2.75, 3.05) is 0 Å². The molecule has 0 saturated carbocycles. The first kappa shape index (κ1) is 21.6. The zero-order chi connectivity index (χ0) is 24.5. The summed E-state index contributed by atoms with van der Waals surface area (Å²) in [7, 11) is 0. The Morgan fingerprint density at radius 1 is 0.694 bits per heavy atom. The van der Waals surface area contributed by atoms with Crippen molar-refractivity contribution < 1.29 is 19.1 Å². The molecular weight excluding hydrogens is 478 g/mol. The molecule has 0 spiro atoms. The highest BCUT2D eigenvalue weighted by Gasteiger charge is 2.27. The third-order valence-corrected chi connectivity index (χ3v) is 5.97. The van der Waals surface area contributed by atoms with E-state index in [1.54, 1.807) is 73.1 Å². The van der Waals surface area contributed by atoms with Crippen LogP contribution in [0.4, 0.5) is 0 Å². The van der Waals surface area contributed by atoms with Crippen LogP contribution in [-0.2, 0) is 0 Å². The van der Waals surface area contributed by atoms with Crippen molar-refractivity contribution in [3.05, 3.63) is 96.3 Å². The second-order valence-corrected chi connectivity index (χ2v) is 8.23. The summed E-state index contributed by atoms with van der Waals surface area (Å²) < 4.78 is 19.0. The predicted molar refractivity (Wildman–Crippen MR) is 133 cm³/mol. The maximum atomic E-state index is 13.0. The molecule has 0 saturated heterocycles. The van der Waals surface area contributed by atoms with Crippen LogP contribution < -0.4 is 9.47 Å². The van der Waals surface area contributed by atoms with E-state index in [0.717, 1.165) is 11.7 Å². The Hall–Kier alpha value is -4.96. The number of ether oxygens (including phenoxy) is 2. The second kappa shape index (κ2) is 9.01. The summed E-state index contributed by atoms with van der Waals surface area (Å²) in [6.45, 7) is 0. The van der Waals surface area contributed by atoms with Gasteiger partial charge in [-0.3, -0.25) is 9.36 Å². The van der Waals surface area contributed by atoms with Crippen molar-refractivity contribution in [2.24, 2.45) is 0 Å². The maximum absolute atomic E-state index is 13.0. The molecule has 9 nitrogen and oxygen atoms in total. The molecule has 0 unspecified atom stereocenters. The monoisotopic (exact) mass is 493 g/mol. The second-order valence-electron chi connectivity index (χ2n) is 7.66. The highest BCUT2D eigenvalue weighted by atomic mass is 32.1. The van der Waals surface area contributed by atoms with Gasteiger partial charge in [-0.05, 0) is 36.4 Å². The smallest absolute Gasteiger partial charge is 0.343 e. The van der Waals surface area contributed by atoms with Gasteiger partial charge in [-0.2, -0.15) is 4.37 Å². The Morgan fingerprint density at radius 2 is 1.25 bits per heavy atom. The first-order valence-electron chi connectivity index (χ1n) is 10.8. The summed E-state index contributed by atoms with van der Waals surface area (Å²) in [6.07, 6.45) is 3.24. The number of H-pyrrole nitrogens is 1. The number of fused-ring (bicyclic) bond motifs is 2. The minimum atomic E-state index is -0.575. The van der Waals surface area contributed by atoms with Gasteiger partial charge in [0.1, 0.15) is 16.6 Å². The number of esters is 2. The first-order valence-corrected chi connectivity index (χ1v) is 11.6. The molecule has 3 aromatic carbocycles. The zero-order valence-corrected chi connectivity index (χ0v) is 19.2. The van der Waals surface area contributed by atoms with Crippen LogP contribution in [-0.4, -0.2) is 35.6 Å². The fraction of sp³-hybridized carbons (Fsp3) is 0. The molecular formula is C26H15N5O4S. The molecule has 3 aromatic heterocycles. The minimum absolute atomic E-state index is 0.124. The van der Waals surface area contributed by atoms with Crippen LogP contribution in [0.1, 0.15) is 20.7 Å². The summed E-state index contributed by atoms with van der Waals surface area (Å²) >= 11 is 1.02. The van der Waals surface area contributed by atoms with Crippen molar-refractivity contribution in [2.45, 2.75) is 0 Å². The van der Waals surface area contributed by atoms with E-state index in [2.05, 4.69) is 23.7 Å². The standard InChI is InChI=1S/C26H15N5O4S/c32-25(16-7-3-1-4-8-16)34-22-18-19(29-24(28-18)15-11-13-27-14-12-15)23(21-20(22)30-36-31-21)35-26(33)17-9-5-2-6-10-17/h1-14,30H. The number of carbonyl (C=O) groups excluding carboxylic acids is 2. The van der Waals surface area contributed by atoms with Gasteiger partial charge in [0.15, 0.2) is 22.8 Å². The molecule has 0 bridgehead atoms. The number of rotatable bonds is 5. The fourth-order valence-corrected chi connectivity index (χ4v) is 4.28. The number of hydrogen-bond acceptors (Lipinski definition) is 9. The van der Waals surface area contributed by atoms with Crippen molar-refractivity contribution in [1.29, 1.82) is 0 Å². The lowest BCUT2D eigenvalue weighted by Crippen LogP contribution is -2.11. The number of carbonyl (C=O) groups is 2. The minimum Gasteiger partial charge on any atom is -0.418 e. The molecule has 0 aliphatic carbocycles. The normalized spacial score (nSPS) is 11.0. The van der Waals surface area contributed by atoms with E-state index in [-0.39, 0.29) is 22.5 Å². The number of nitrogens with one attached hydrogen (secondary N) is 1. The number of pyridine rings is 1. The maximum Gasteiger partial charge on any atom is 0.343 e. The van der Waals surface area contributed by atoms with Crippen molar-refractivity contribution in [3.63, 3.8) is 0 Å². The zero-order valence-electron chi connectivity index (χ0n) is 18.4. The average molecular weight is 494 g/mol. The van der Waals surface area contributed by atoms with Crippen LogP contribution in [0, 0.1) is 0 Å². The van der Waals surface area contributed by atoms with E-state index in [9.17, 15) is 9.59 Å². The van der Waals surface area contributed by atoms with Crippen molar-refractivity contribution >= 4 is 45.7 Å². The van der Waals surface area contributed by atoms with E-state index in [1.165, 1.54) is 0 Å². The van der Waals surface area contributed by atoms with Gasteiger partial charge >= 0.3 is 11.9 Å². The third-order valence-electron chi connectivity index (χ3n) is 5.40. The molecule has 0 atom stereocenters. The average Bonchev–Trinajstić information content (AvgIpc) is 3.60. The Kier molecular flexibility index (Phi) is 5.39. The van der Waals surface area contributed by atoms with E-state index in [4.69, 9.17) is 9.47 Å². The molecule has 0 amide bonds. The molecule has 6 aromatic rings. The predicted octanol–water partition coefficient (Wildman–Crippen LogP) is 5.07. The number of benzene rings is 3. The van der Waals surface area contributed by atoms with E-state index < -0.39 is 11.9 Å². The largest absolute Gasteiger partial charge is 0.418 e. The topological polar surface area (TPSA) is 120 Å². The van der Waals surface area contributed by atoms with Gasteiger partial charge < -0.3 is 9.47 Å². The van der Waals surface area contributed by atoms with Crippen molar-refractivity contribution in [1.82, 2.24) is 23.7 Å². The Morgan fingerprint density at radius 3 is 1.86 bits per heavy atom. The fourth-order valence-electron chi connectivity index (χ4n) is 3.68. The highest BCUT2D eigenvalue weighted by Crippen LogP contribution is 2.42. The lowest BCUT2D eigenvalue weighted by Gasteiger charge is -2.10. The third kappa shape index (κ3) is 3.85. The van der Waals surface area contributed by atoms with Crippen LogP contribution in [0.15, 0.2) is 85.2 Å². The Balaban J connectivity index is 1.54. The molecule has 1 N–H and O–H groups in total. The van der Waals surface area contributed by atoms with Gasteiger partial charge in [0.05, 0.1) is 11.1 Å². The first-order chi connectivity index (χ1) is 17.7. The van der Waals surface area contributed by atoms with Crippen LogP contribution in [0.5, 0.6) is 11.5 Å². The van der Waals surface area contributed by atoms with Gasteiger partial charge in [-0.25, -0.2) is 19.6 Å². The van der Waals surface area contributed by atoms with E-state index >= 15 is 0 Å². The Labute approximate surface area is 207 Å². The van der Waals surface area contributed by atoms with Gasteiger partial charge in [0, 0.05) is 29.7 Å². The van der Waals surface area contributed by atoms with Crippen LogP contribution in [0.3, 0.4) is 0 Å². The van der Waals surface area contributed by atoms with Crippen molar-refractivity contribution in [3.8, 4) is 22.9 Å². The number of imidazole rings is 1. The van der Waals surface area contributed by atoms with Gasteiger partial charge in [-0.15, -0.1) is 0 Å². The molecule has 10 heteroatoms. The Bertz CT molecular complexity index is 1610. The molecule has 36 heavy (non-hydrogen) atoms. The van der Waals surface area contributed by atoms with E-state index in [0.29, 0.717) is 33.5 Å². The SMILES string of the molecule is O=C(Oc1c2nc(-c3ccncc3)nc2c(OC(=O)c2ccccc2)c2[nH]snc12)c1ccccc1. The molecule has 174 valence electrons. The molecule has 3 heterocycles. The van der Waals surface area contributed by atoms with Gasteiger partial charge in [0.2, 0.25) is 0 Å².